The Bertz CT molecular complexity index is 1190. The van der Waals surface area contributed by atoms with Crippen LogP contribution >= 0.6 is 0 Å². The molecule has 3 aromatic carbocycles. The number of amides is 1. The maximum absolute atomic E-state index is 13.0. The predicted octanol–water partition coefficient (Wildman–Crippen LogP) is 4.48. The SMILES string of the molecule is Cc1ccc(NS(=O)(=O)c2cc(C(=O)NCc3ccc(F)cc3)ccc2C)cc1C. The van der Waals surface area contributed by atoms with E-state index in [1.54, 1.807) is 43.3 Å². The van der Waals surface area contributed by atoms with Gasteiger partial charge in [0.15, 0.2) is 0 Å². The minimum Gasteiger partial charge on any atom is -0.348 e. The normalized spacial score (nSPS) is 11.2. The monoisotopic (exact) mass is 426 g/mol. The van der Waals surface area contributed by atoms with Crippen molar-refractivity contribution in [3.8, 4) is 0 Å². The average Bonchev–Trinajstić information content (AvgIpc) is 2.70. The van der Waals surface area contributed by atoms with Gasteiger partial charge < -0.3 is 5.32 Å². The molecule has 156 valence electrons. The molecule has 7 heteroatoms. The van der Waals surface area contributed by atoms with Crippen LogP contribution in [0.1, 0.15) is 32.6 Å². The Morgan fingerprint density at radius 2 is 1.53 bits per heavy atom. The molecule has 0 atom stereocenters. The Balaban J connectivity index is 1.80. The molecule has 0 aliphatic rings. The largest absolute Gasteiger partial charge is 0.348 e. The molecule has 5 nitrogen and oxygen atoms in total. The molecule has 2 N–H and O–H groups in total. The van der Waals surface area contributed by atoms with Crippen LogP contribution in [0, 0.1) is 26.6 Å². The van der Waals surface area contributed by atoms with E-state index in [-0.39, 0.29) is 22.8 Å². The fraction of sp³-hybridized carbons (Fsp3) is 0.174. The van der Waals surface area contributed by atoms with E-state index in [4.69, 9.17) is 0 Å². The standard InChI is InChI=1S/C23H23FN2O3S/c1-15-5-11-21(12-17(15)3)26-30(28,29)22-13-19(8-4-16(22)2)23(27)25-14-18-6-9-20(24)10-7-18/h4-13,26H,14H2,1-3H3,(H,25,27). The van der Waals surface area contributed by atoms with E-state index >= 15 is 0 Å². The van der Waals surface area contributed by atoms with Gasteiger partial charge in [-0.15, -0.1) is 0 Å². The Kier molecular flexibility index (Phi) is 6.22. The molecule has 3 aromatic rings. The first-order valence-corrected chi connectivity index (χ1v) is 10.9. The molecular weight excluding hydrogens is 403 g/mol. The maximum atomic E-state index is 13.0. The number of hydrogen-bond donors (Lipinski definition) is 2. The van der Waals surface area contributed by atoms with E-state index in [0.717, 1.165) is 16.7 Å². The molecule has 0 aliphatic heterocycles. The van der Waals surface area contributed by atoms with Gasteiger partial charge in [-0.3, -0.25) is 9.52 Å². The van der Waals surface area contributed by atoms with Crippen LogP contribution in [0.25, 0.3) is 0 Å². The molecule has 0 aliphatic carbocycles. The molecule has 0 heterocycles. The zero-order valence-corrected chi connectivity index (χ0v) is 17.8. The third-order valence-electron chi connectivity index (χ3n) is 4.87. The summed E-state index contributed by atoms with van der Waals surface area (Å²) in [5.41, 5.74) is 3.99. The van der Waals surface area contributed by atoms with Crippen LogP contribution in [0.4, 0.5) is 10.1 Å². The van der Waals surface area contributed by atoms with Crippen molar-refractivity contribution in [2.24, 2.45) is 0 Å². The second kappa shape index (κ2) is 8.67. The molecule has 1 amide bonds. The van der Waals surface area contributed by atoms with E-state index in [9.17, 15) is 17.6 Å². The van der Waals surface area contributed by atoms with E-state index < -0.39 is 15.9 Å². The molecular formula is C23H23FN2O3S. The first-order chi connectivity index (χ1) is 14.2. The Morgan fingerprint density at radius 3 is 2.20 bits per heavy atom. The van der Waals surface area contributed by atoms with Crippen molar-refractivity contribution in [3.05, 3.63) is 94.3 Å². The van der Waals surface area contributed by atoms with Crippen molar-refractivity contribution in [2.45, 2.75) is 32.2 Å². The zero-order chi connectivity index (χ0) is 21.9. The highest BCUT2D eigenvalue weighted by atomic mass is 32.2. The summed E-state index contributed by atoms with van der Waals surface area (Å²) in [6.45, 7) is 5.74. The van der Waals surface area contributed by atoms with Crippen LogP contribution in [0.2, 0.25) is 0 Å². The summed E-state index contributed by atoms with van der Waals surface area (Å²) in [6.07, 6.45) is 0. The topological polar surface area (TPSA) is 75.3 Å². The fourth-order valence-electron chi connectivity index (χ4n) is 2.93. The number of nitrogens with one attached hydrogen (secondary N) is 2. The number of carbonyl (C=O) groups is 1. The number of hydrogen-bond acceptors (Lipinski definition) is 3. The molecule has 0 spiro atoms. The smallest absolute Gasteiger partial charge is 0.262 e. The van der Waals surface area contributed by atoms with Crippen molar-refractivity contribution in [1.29, 1.82) is 0 Å². The molecule has 0 aromatic heterocycles. The molecule has 3 rings (SSSR count). The van der Waals surface area contributed by atoms with Crippen LogP contribution in [0.3, 0.4) is 0 Å². The Hall–Kier alpha value is -3.19. The van der Waals surface area contributed by atoms with E-state index in [2.05, 4.69) is 10.0 Å². The first kappa shape index (κ1) is 21.5. The molecule has 0 fully saturated rings. The van der Waals surface area contributed by atoms with Gasteiger partial charge in [0.05, 0.1) is 4.90 Å². The molecule has 0 saturated carbocycles. The Labute approximate surface area is 176 Å². The highest BCUT2D eigenvalue weighted by molar-refractivity contribution is 7.92. The third kappa shape index (κ3) is 5.04. The summed E-state index contributed by atoms with van der Waals surface area (Å²) in [6, 6.07) is 15.6. The minimum atomic E-state index is -3.87. The number of carbonyl (C=O) groups excluding carboxylic acids is 1. The quantitative estimate of drug-likeness (QED) is 0.610. The van der Waals surface area contributed by atoms with E-state index in [0.29, 0.717) is 11.3 Å². The van der Waals surface area contributed by atoms with E-state index in [1.165, 1.54) is 18.2 Å². The number of sulfonamides is 1. The van der Waals surface area contributed by atoms with Gasteiger partial charge in [0.2, 0.25) is 0 Å². The summed E-state index contributed by atoms with van der Waals surface area (Å²) < 4.78 is 41.4. The van der Waals surface area contributed by atoms with Crippen LogP contribution in [-0.4, -0.2) is 14.3 Å². The van der Waals surface area contributed by atoms with Gasteiger partial charge >= 0.3 is 0 Å². The maximum Gasteiger partial charge on any atom is 0.262 e. The van der Waals surface area contributed by atoms with Crippen molar-refractivity contribution in [1.82, 2.24) is 5.32 Å². The third-order valence-corrected chi connectivity index (χ3v) is 6.39. The van der Waals surface area contributed by atoms with Gasteiger partial charge in [-0.05, 0) is 79.4 Å². The van der Waals surface area contributed by atoms with Gasteiger partial charge in [-0.2, -0.15) is 0 Å². The summed E-state index contributed by atoms with van der Waals surface area (Å²) >= 11 is 0. The second-order valence-corrected chi connectivity index (χ2v) is 8.84. The lowest BCUT2D eigenvalue weighted by molar-refractivity contribution is 0.0950. The van der Waals surface area contributed by atoms with Gasteiger partial charge in [-0.25, -0.2) is 12.8 Å². The number of benzene rings is 3. The number of anilines is 1. The van der Waals surface area contributed by atoms with Crippen molar-refractivity contribution >= 4 is 21.6 Å². The second-order valence-electron chi connectivity index (χ2n) is 7.19. The van der Waals surface area contributed by atoms with Crippen LogP contribution in [0.15, 0.2) is 65.6 Å². The Morgan fingerprint density at radius 1 is 0.867 bits per heavy atom. The van der Waals surface area contributed by atoms with Crippen molar-refractivity contribution < 1.29 is 17.6 Å². The van der Waals surface area contributed by atoms with Crippen LogP contribution < -0.4 is 10.0 Å². The van der Waals surface area contributed by atoms with Gasteiger partial charge in [0.1, 0.15) is 5.82 Å². The first-order valence-electron chi connectivity index (χ1n) is 9.39. The summed E-state index contributed by atoms with van der Waals surface area (Å²) in [5, 5.41) is 2.72. The van der Waals surface area contributed by atoms with Gasteiger partial charge in [0, 0.05) is 17.8 Å². The van der Waals surface area contributed by atoms with E-state index in [1.807, 2.05) is 19.9 Å². The minimum absolute atomic E-state index is 0.0372. The lowest BCUT2D eigenvalue weighted by Gasteiger charge is -2.13. The van der Waals surface area contributed by atoms with Crippen molar-refractivity contribution in [3.63, 3.8) is 0 Å². The predicted molar refractivity (Wildman–Crippen MR) is 115 cm³/mol. The molecule has 30 heavy (non-hydrogen) atoms. The highest BCUT2D eigenvalue weighted by Crippen LogP contribution is 2.22. The van der Waals surface area contributed by atoms with Crippen LogP contribution in [0.5, 0.6) is 0 Å². The summed E-state index contributed by atoms with van der Waals surface area (Å²) in [4.78, 5) is 12.6. The van der Waals surface area contributed by atoms with Gasteiger partial charge in [-0.1, -0.05) is 24.3 Å². The summed E-state index contributed by atoms with van der Waals surface area (Å²) in [7, 11) is -3.87. The summed E-state index contributed by atoms with van der Waals surface area (Å²) in [5.74, 6) is -0.767. The number of halogens is 1. The molecule has 0 bridgehead atoms. The molecule has 0 radical (unpaired) electrons. The highest BCUT2D eigenvalue weighted by Gasteiger charge is 2.19. The van der Waals surface area contributed by atoms with Gasteiger partial charge in [0.25, 0.3) is 15.9 Å². The average molecular weight is 427 g/mol. The van der Waals surface area contributed by atoms with Crippen molar-refractivity contribution in [2.75, 3.05) is 4.72 Å². The van der Waals surface area contributed by atoms with Crippen LogP contribution in [-0.2, 0) is 16.6 Å². The lowest BCUT2D eigenvalue weighted by atomic mass is 10.1. The number of rotatable bonds is 6. The molecule has 0 unspecified atom stereocenters. The number of aryl methyl sites for hydroxylation is 3. The fourth-order valence-corrected chi connectivity index (χ4v) is 4.25. The lowest BCUT2D eigenvalue weighted by Crippen LogP contribution is -2.23. The molecule has 0 saturated heterocycles. The zero-order valence-electron chi connectivity index (χ0n) is 17.0.